The third-order valence-corrected chi connectivity index (χ3v) is 3.72. The molecular formula is C15H18N2O3S. The molecule has 112 valence electrons. The van der Waals surface area contributed by atoms with Gasteiger partial charge in [-0.1, -0.05) is 12.1 Å². The van der Waals surface area contributed by atoms with Crippen LogP contribution in [0.1, 0.15) is 11.9 Å². The molecule has 2 aromatic rings. The number of carboxylic acids is 1. The van der Waals surface area contributed by atoms with Gasteiger partial charge in [0.25, 0.3) is 0 Å². The first-order valence-electron chi connectivity index (χ1n) is 6.79. The molecule has 0 amide bonds. The number of nitrogens with zero attached hydrogens (tertiary/aromatic N) is 1. The van der Waals surface area contributed by atoms with Crippen molar-refractivity contribution in [1.82, 2.24) is 10.3 Å². The van der Waals surface area contributed by atoms with Gasteiger partial charge in [-0.3, -0.25) is 4.79 Å². The Labute approximate surface area is 127 Å². The number of aliphatic carboxylic acids is 1. The Morgan fingerprint density at radius 2 is 2.24 bits per heavy atom. The molecule has 2 N–H and O–H groups in total. The van der Waals surface area contributed by atoms with Gasteiger partial charge in [-0.2, -0.15) is 0 Å². The lowest BCUT2D eigenvalue weighted by atomic mass is 10.1. The Morgan fingerprint density at radius 3 is 3.00 bits per heavy atom. The summed E-state index contributed by atoms with van der Waals surface area (Å²) in [5.41, 5.74) is 1.89. The lowest BCUT2D eigenvalue weighted by Crippen LogP contribution is -2.24. The van der Waals surface area contributed by atoms with Gasteiger partial charge in [0, 0.05) is 23.9 Å². The second kappa shape index (κ2) is 7.75. The van der Waals surface area contributed by atoms with E-state index in [1.165, 1.54) is 0 Å². The molecule has 0 unspecified atom stereocenters. The number of thiazole rings is 1. The van der Waals surface area contributed by atoms with E-state index in [9.17, 15) is 4.79 Å². The Bertz CT molecular complexity index is 598. The van der Waals surface area contributed by atoms with Crippen molar-refractivity contribution in [3.63, 3.8) is 0 Å². The van der Waals surface area contributed by atoms with Gasteiger partial charge in [0.15, 0.2) is 0 Å². The molecule has 0 radical (unpaired) electrons. The predicted molar refractivity (Wildman–Crippen MR) is 82.9 cm³/mol. The second-order valence-electron chi connectivity index (χ2n) is 4.38. The van der Waals surface area contributed by atoms with E-state index in [1.807, 2.05) is 36.6 Å². The fourth-order valence-electron chi connectivity index (χ4n) is 1.90. The number of aromatic nitrogens is 1. The van der Waals surface area contributed by atoms with E-state index in [1.54, 1.807) is 11.3 Å². The van der Waals surface area contributed by atoms with E-state index in [0.717, 1.165) is 28.4 Å². The summed E-state index contributed by atoms with van der Waals surface area (Å²) >= 11 is 1.58. The highest BCUT2D eigenvalue weighted by Crippen LogP contribution is 2.30. The summed E-state index contributed by atoms with van der Waals surface area (Å²) in [6.45, 7) is 3.16. The fraction of sp³-hybridized carbons (Fsp3) is 0.333. The smallest absolute Gasteiger partial charge is 0.317 e. The van der Waals surface area contributed by atoms with Crippen molar-refractivity contribution in [2.75, 3.05) is 19.7 Å². The van der Waals surface area contributed by atoms with Gasteiger partial charge in [-0.25, -0.2) is 4.98 Å². The third kappa shape index (κ3) is 4.54. The van der Waals surface area contributed by atoms with Crippen molar-refractivity contribution in [3.05, 3.63) is 34.7 Å². The molecule has 0 fully saturated rings. The largest absolute Gasteiger partial charge is 0.493 e. The molecular weight excluding hydrogens is 288 g/mol. The van der Waals surface area contributed by atoms with Crippen LogP contribution in [-0.2, 0) is 11.2 Å². The molecule has 0 aliphatic carbocycles. The Morgan fingerprint density at radius 1 is 1.43 bits per heavy atom. The molecule has 0 aliphatic heterocycles. The van der Waals surface area contributed by atoms with Crippen LogP contribution in [0, 0.1) is 0 Å². The predicted octanol–water partition coefficient (Wildman–Crippen LogP) is 2.43. The van der Waals surface area contributed by atoms with Gasteiger partial charge in [0.05, 0.1) is 23.9 Å². The summed E-state index contributed by atoms with van der Waals surface area (Å²) in [6, 6.07) is 7.83. The van der Waals surface area contributed by atoms with E-state index in [0.29, 0.717) is 13.2 Å². The molecule has 0 aliphatic rings. The van der Waals surface area contributed by atoms with Crippen LogP contribution in [0.25, 0.3) is 11.3 Å². The van der Waals surface area contributed by atoms with Crippen molar-refractivity contribution in [2.24, 2.45) is 0 Å². The normalized spacial score (nSPS) is 10.5. The number of benzene rings is 1. The first-order valence-corrected chi connectivity index (χ1v) is 7.67. The maximum atomic E-state index is 10.4. The number of carboxylic acid groups (broad SMARTS) is 1. The molecule has 1 aromatic heterocycles. The van der Waals surface area contributed by atoms with Crippen LogP contribution < -0.4 is 10.1 Å². The van der Waals surface area contributed by atoms with Crippen LogP contribution in [-0.4, -0.2) is 35.8 Å². The summed E-state index contributed by atoms with van der Waals surface area (Å²) < 4.78 is 5.61. The van der Waals surface area contributed by atoms with Crippen LogP contribution in [0.2, 0.25) is 0 Å². The third-order valence-electron chi connectivity index (χ3n) is 2.81. The van der Waals surface area contributed by atoms with Crippen molar-refractivity contribution < 1.29 is 14.6 Å². The number of ether oxygens (including phenoxy) is 1. The zero-order chi connectivity index (χ0) is 15.1. The first-order chi connectivity index (χ1) is 10.2. The van der Waals surface area contributed by atoms with Crippen molar-refractivity contribution in [2.45, 2.75) is 13.3 Å². The lowest BCUT2D eigenvalue weighted by molar-refractivity contribution is -0.135. The van der Waals surface area contributed by atoms with Crippen molar-refractivity contribution in [3.8, 4) is 17.0 Å². The topological polar surface area (TPSA) is 71.5 Å². The quantitative estimate of drug-likeness (QED) is 0.733. The minimum Gasteiger partial charge on any atom is -0.493 e. The maximum absolute atomic E-state index is 10.4. The van der Waals surface area contributed by atoms with Crippen LogP contribution >= 0.6 is 11.3 Å². The second-order valence-corrected chi connectivity index (χ2v) is 5.32. The summed E-state index contributed by atoms with van der Waals surface area (Å²) in [5, 5.41) is 14.4. The van der Waals surface area contributed by atoms with E-state index < -0.39 is 5.97 Å². The fourth-order valence-corrected chi connectivity index (χ4v) is 2.70. The van der Waals surface area contributed by atoms with E-state index in [-0.39, 0.29) is 6.54 Å². The molecule has 1 aromatic carbocycles. The van der Waals surface area contributed by atoms with E-state index >= 15 is 0 Å². The molecule has 2 rings (SSSR count). The van der Waals surface area contributed by atoms with Gasteiger partial charge in [-0.15, -0.1) is 11.3 Å². The summed E-state index contributed by atoms with van der Waals surface area (Å²) in [4.78, 5) is 15.0. The number of rotatable bonds is 8. The van der Waals surface area contributed by atoms with Gasteiger partial charge in [0.2, 0.25) is 0 Å². The van der Waals surface area contributed by atoms with Crippen molar-refractivity contribution in [1.29, 1.82) is 0 Å². The van der Waals surface area contributed by atoms with Gasteiger partial charge < -0.3 is 15.2 Å². The number of hydrogen-bond acceptors (Lipinski definition) is 5. The maximum Gasteiger partial charge on any atom is 0.317 e. The molecule has 0 bridgehead atoms. The molecule has 0 saturated heterocycles. The van der Waals surface area contributed by atoms with Gasteiger partial charge in [-0.05, 0) is 19.1 Å². The number of hydrogen-bond donors (Lipinski definition) is 2. The molecule has 0 spiro atoms. The lowest BCUT2D eigenvalue weighted by Gasteiger charge is -2.07. The van der Waals surface area contributed by atoms with Crippen LogP contribution in [0.3, 0.4) is 0 Å². The van der Waals surface area contributed by atoms with Gasteiger partial charge in [0.1, 0.15) is 5.75 Å². The monoisotopic (exact) mass is 306 g/mol. The standard InChI is InChI=1S/C15H18N2O3S/c1-2-20-13-6-4-3-5-11(13)12-10-21-14(17-12)7-8-16-9-15(18)19/h3-6,10,16H,2,7-9H2,1H3,(H,18,19). The van der Waals surface area contributed by atoms with E-state index in [2.05, 4.69) is 10.3 Å². The highest BCUT2D eigenvalue weighted by Gasteiger charge is 2.09. The number of carbonyl (C=O) groups is 1. The first kappa shape index (κ1) is 15.5. The SMILES string of the molecule is CCOc1ccccc1-c1csc(CCNCC(=O)O)n1. The van der Waals surface area contributed by atoms with E-state index in [4.69, 9.17) is 9.84 Å². The minimum atomic E-state index is -0.847. The summed E-state index contributed by atoms with van der Waals surface area (Å²) in [6.07, 6.45) is 0.717. The molecule has 0 atom stereocenters. The summed E-state index contributed by atoms with van der Waals surface area (Å²) in [7, 11) is 0. The molecule has 6 heteroatoms. The Hall–Kier alpha value is -1.92. The average molecular weight is 306 g/mol. The number of nitrogens with one attached hydrogen (secondary N) is 1. The van der Waals surface area contributed by atoms with Crippen LogP contribution in [0.5, 0.6) is 5.75 Å². The zero-order valence-corrected chi connectivity index (χ0v) is 12.7. The average Bonchev–Trinajstić information content (AvgIpc) is 2.93. The van der Waals surface area contributed by atoms with Crippen molar-refractivity contribution >= 4 is 17.3 Å². The molecule has 21 heavy (non-hydrogen) atoms. The Kier molecular flexibility index (Phi) is 5.71. The minimum absolute atomic E-state index is 0.0224. The number of para-hydroxylation sites is 1. The summed E-state index contributed by atoms with van der Waals surface area (Å²) in [5.74, 6) is -0.0127. The zero-order valence-electron chi connectivity index (χ0n) is 11.8. The Balaban J connectivity index is 2.01. The highest BCUT2D eigenvalue weighted by atomic mass is 32.1. The molecule has 1 heterocycles. The van der Waals surface area contributed by atoms with Crippen LogP contribution in [0.15, 0.2) is 29.6 Å². The highest BCUT2D eigenvalue weighted by molar-refractivity contribution is 7.09. The molecule has 0 saturated carbocycles. The van der Waals surface area contributed by atoms with Gasteiger partial charge >= 0.3 is 5.97 Å². The van der Waals surface area contributed by atoms with Crippen LogP contribution in [0.4, 0.5) is 0 Å². The molecule has 5 nitrogen and oxygen atoms in total.